The molecule has 21 heavy (non-hydrogen) atoms. The van der Waals surface area contributed by atoms with Gasteiger partial charge in [-0.25, -0.2) is 0 Å². The van der Waals surface area contributed by atoms with Crippen LogP contribution in [0.15, 0.2) is 18.2 Å². The summed E-state index contributed by atoms with van der Waals surface area (Å²) in [6.07, 6.45) is 0.299. The van der Waals surface area contributed by atoms with Crippen molar-refractivity contribution in [3.63, 3.8) is 0 Å². The zero-order chi connectivity index (χ0) is 16.2. The number of nitrogens with zero attached hydrogens (tertiary/aromatic N) is 1. The number of nitro groups is 1. The minimum atomic E-state index is -1.15. The second-order valence-electron chi connectivity index (χ2n) is 4.79. The SMILES string of the molecule is CCC(C)(CNC(=O)c1c(Cl)cccc1[N+](=O)[O-])C(=O)O. The number of rotatable bonds is 6. The van der Waals surface area contributed by atoms with E-state index in [4.69, 9.17) is 16.7 Å². The van der Waals surface area contributed by atoms with E-state index in [1.165, 1.54) is 19.1 Å². The highest BCUT2D eigenvalue weighted by Crippen LogP contribution is 2.27. The Bertz CT molecular complexity index is 590. The molecule has 0 saturated carbocycles. The third kappa shape index (κ3) is 3.69. The highest BCUT2D eigenvalue weighted by atomic mass is 35.5. The molecule has 0 aromatic heterocycles. The molecule has 2 N–H and O–H groups in total. The summed E-state index contributed by atoms with van der Waals surface area (Å²) in [5, 5.41) is 22.4. The van der Waals surface area contributed by atoms with E-state index < -0.39 is 27.9 Å². The lowest BCUT2D eigenvalue weighted by atomic mass is 9.87. The number of amides is 1. The summed E-state index contributed by atoms with van der Waals surface area (Å²) in [5.74, 6) is -1.83. The fourth-order valence-electron chi connectivity index (χ4n) is 1.61. The third-order valence-corrected chi connectivity index (χ3v) is 3.67. The van der Waals surface area contributed by atoms with Crippen molar-refractivity contribution in [3.05, 3.63) is 38.9 Å². The lowest BCUT2D eigenvalue weighted by molar-refractivity contribution is -0.385. The number of carboxylic acids is 1. The molecule has 0 aliphatic heterocycles. The van der Waals surface area contributed by atoms with E-state index in [9.17, 15) is 19.7 Å². The molecule has 1 amide bonds. The molecule has 1 rings (SSSR count). The van der Waals surface area contributed by atoms with Crippen molar-refractivity contribution in [3.8, 4) is 0 Å². The number of carboxylic acid groups (broad SMARTS) is 1. The summed E-state index contributed by atoms with van der Waals surface area (Å²) < 4.78 is 0. The number of nitrogens with one attached hydrogen (secondary N) is 1. The molecular formula is C13H15ClN2O5. The average Bonchev–Trinajstić information content (AvgIpc) is 2.43. The van der Waals surface area contributed by atoms with E-state index >= 15 is 0 Å². The lowest BCUT2D eigenvalue weighted by Crippen LogP contribution is -2.40. The monoisotopic (exact) mass is 314 g/mol. The number of hydrogen-bond donors (Lipinski definition) is 2. The van der Waals surface area contributed by atoms with Crippen LogP contribution >= 0.6 is 11.6 Å². The summed E-state index contributed by atoms with van der Waals surface area (Å²) in [6, 6.07) is 3.89. The molecule has 1 aromatic rings. The number of aliphatic carboxylic acids is 1. The maximum atomic E-state index is 12.1. The fourth-order valence-corrected chi connectivity index (χ4v) is 1.86. The molecule has 8 heteroatoms. The standard InChI is InChI=1S/C13H15ClN2O5/c1-3-13(2,12(18)19)7-15-11(17)10-8(14)5-4-6-9(10)16(20)21/h4-6H,3,7H2,1-2H3,(H,15,17)(H,18,19). The molecule has 1 aromatic carbocycles. The second-order valence-corrected chi connectivity index (χ2v) is 5.20. The Morgan fingerprint density at radius 1 is 1.48 bits per heavy atom. The minimum Gasteiger partial charge on any atom is -0.481 e. The van der Waals surface area contributed by atoms with Crippen LogP contribution in [-0.2, 0) is 4.79 Å². The Labute approximate surface area is 126 Å². The van der Waals surface area contributed by atoms with Crippen LogP contribution in [-0.4, -0.2) is 28.5 Å². The van der Waals surface area contributed by atoms with Crippen LogP contribution in [0.25, 0.3) is 0 Å². The summed E-state index contributed by atoms with van der Waals surface area (Å²) in [4.78, 5) is 33.4. The first-order chi connectivity index (χ1) is 9.73. The molecule has 0 aliphatic rings. The summed E-state index contributed by atoms with van der Waals surface area (Å²) in [5.41, 5.74) is -1.84. The van der Waals surface area contributed by atoms with Crippen molar-refractivity contribution in [2.24, 2.45) is 5.41 Å². The summed E-state index contributed by atoms with van der Waals surface area (Å²) in [7, 11) is 0. The first-order valence-corrected chi connectivity index (χ1v) is 6.55. The van der Waals surface area contributed by atoms with Gasteiger partial charge >= 0.3 is 5.97 Å². The molecule has 1 atom stereocenters. The van der Waals surface area contributed by atoms with Gasteiger partial charge in [0.25, 0.3) is 11.6 Å². The third-order valence-electron chi connectivity index (χ3n) is 3.35. The van der Waals surface area contributed by atoms with Gasteiger partial charge in [0.1, 0.15) is 5.56 Å². The van der Waals surface area contributed by atoms with Gasteiger partial charge in [-0.15, -0.1) is 0 Å². The van der Waals surface area contributed by atoms with Crippen molar-refractivity contribution in [1.82, 2.24) is 5.32 Å². The van der Waals surface area contributed by atoms with Crippen LogP contribution in [0.5, 0.6) is 0 Å². The Hall–Kier alpha value is -2.15. The molecule has 114 valence electrons. The van der Waals surface area contributed by atoms with Gasteiger partial charge in [-0.05, 0) is 19.4 Å². The second kappa shape index (κ2) is 6.53. The van der Waals surface area contributed by atoms with Gasteiger partial charge in [0.15, 0.2) is 0 Å². The predicted molar refractivity (Wildman–Crippen MR) is 76.5 cm³/mol. The number of carbonyl (C=O) groups excluding carboxylic acids is 1. The predicted octanol–water partition coefficient (Wildman–Crippen LogP) is 2.48. The molecule has 0 bridgehead atoms. The van der Waals surface area contributed by atoms with Gasteiger partial charge in [0.2, 0.25) is 0 Å². The molecule has 1 unspecified atom stereocenters. The van der Waals surface area contributed by atoms with E-state index in [1.807, 2.05) is 0 Å². The van der Waals surface area contributed by atoms with Gasteiger partial charge in [-0.2, -0.15) is 0 Å². The maximum Gasteiger partial charge on any atom is 0.311 e. The van der Waals surface area contributed by atoms with Gasteiger partial charge in [0.05, 0.1) is 15.4 Å². The minimum absolute atomic E-state index is 0.0600. The summed E-state index contributed by atoms with van der Waals surface area (Å²) in [6.45, 7) is 3.01. The van der Waals surface area contributed by atoms with Gasteiger partial charge < -0.3 is 10.4 Å². The summed E-state index contributed by atoms with van der Waals surface area (Å²) >= 11 is 5.83. The zero-order valence-corrected chi connectivity index (χ0v) is 12.3. The van der Waals surface area contributed by atoms with E-state index in [2.05, 4.69) is 5.32 Å². The highest BCUT2D eigenvalue weighted by molar-refractivity contribution is 6.34. The number of benzene rings is 1. The largest absolute Gasteiger partial charge is 0.481 e. The topological polar surface area (TPSA) is 110 Å². The first-order valence-electron chi connectivity index (χ1n) is 6.17. The first kappa shape index (κ1) is 16.9. The van der Waals surface area contributed by atoms with Crippen molar-refractivity contribution < 1.29 is 19.6 Å². The van der Waals surface area contributed by atoms with Gasteiger partial charge in [0, 0.05) is 12.6 Å². The Morgan fingerprint density at radius 3 is 2.57 bits per heavy atom. The normalized spacial score (nSPS) is 13.3. The highest BCUT2D eigenvalue weighted by Gasteiger charge is 2.32. The molecule has 7 nitrogen and oxygen atoms in total. The molecule has 0 heterocycles. The molecule has 0 saturated heterocycles. The van der Waals surface area contributed by atoms with Crippen LogP contribution in [0.2, 0.25) is 5.02 Å². The Kier molecular flexibility index (Phi) is 5.26. The zero-order valence-electron chi connectivity index (χ0n) is 11.6. The molecule has 0 aliphatic carbocycles. The fraction of sp³-hybridized carbons (Fsp3) is 0.385. The van der Waals surface area contributed by atoms with Gasteiger partial charge in [-0.1, -0.05) is 24.6 Å². The molecule has 0 spiro atoms. The number of carbonyl (C=O) groups is 2. The van der Waals surface area contributed by atoms with Crippen LogP contribution in [0, 0.1) is 15.5 Å². The molecular weight excluding hydrogens is 300 g/mol. The van der Waals surface area contributed by atoms with Gasteiger partial charge in [-0.3, -0.25) is 19.7 Å². The number of hydrogen-bond acceptors (Lipinski definition) is 4. The van der Waals surface area contributed by atoms with Crippen molar-refractivity contribution >= 4 is 29.2 Å². The van der Waals surface area contributed by atoms with Crippen LogP contribution in [0.4, 0.5) is 5.69 Å². The number of nitro benzene ring substituents is 1. The Balaban J connectivity index is 3.01. The Morgan fingerprint density at radius 2 is 2.10 bits per heavy atom. The van der Waals surface area contributed by atoms with Crippen LogP contribution in [0.3, 0.4) is 0 Å². The van der Waals surface area contributed by atoms with E-state index in [1.54, 1.807) is 6.92 Å². The van der Waals surface area contributed by atoms with E-state index in [-0.39, 0.29) is 17.1 Å². The quantitative estimate of drug-likeness (QED) is 0.619. The van der Waals surface area contributed by atoms with Crippen molar-refractivity contribution in [2.75, 3.05) is 6.54 Å². The van der Waals surface area contributed by atoms with E-state index in [0.29, 0.717) is 6.42 Å². The molecule has 0 radical (unpaired) electrons. The van der Waals surface area contributed by atoms with Crippen molar-refractivity contribution in [1.29, 1.82) is 0 Å². The average molecular weight is 315 g/mol. The number of halogens is 1. The van der Waals surface area contributed by atoms with E-state index in [0.717, 1.165) is 6.07 Å². The van der Waals surface area contributed by atoms with Crippen LogP contribution < -0.4 is 5.32 Å². The lowest BCUT2D eigenvalue weighted by Gasteiger charge is -2.23. The maximum absolute atomic E-state index is 12.1. The molecule has 0 fully saturated rings. The van der Waals surface area contributed by atoms with Crippen LogP contribution in [0.1, 0.15) is 30.6 Å². The van der Waals surface area contributed by atoms with Crippen molar-refractivity contribution in [2.45, 2.75) is 20.3 Å². The smallest absolute Gasteiger partial charge is 0.311 e.